The highest BCUT2D eigenvalue weighted by atomic mass is 16.4. The van der Waals surface area contributed by atoms with E-state index in [0.29, 0.717) is 76.4 Å². The van der Waals surface area contributed by atoms with Crippen LogP contribution in [0, 0.1) is 0 Å². The Labute approximate surface area is 490 Å². The monoisotopic (exact) mass is 1180 g/mol. The van der Waals surface area contributed by atoms with E-state index in [4.69, 9.17) is 63.1 Å². The number of rotatable bonds is 45. The first-order valence-electron chi connectivity index (χ1n) is 28.8. The summed E-state index contributed by atoms with van der Waals surface area (Å²) in [5.74, 6) is -7.34. The molecule has 0 saturated heterocycles. The van der Waals surface area contributed by atoms with Crippen LogP contribution in [0.5, 0.6) is 0 Å². The van der Waals surface area contributed by atoms with Crippen LogP contribution in [0.1, 0.15) is 121 Å². The summed E-state index contributed by atoms with van der Waals surface area (Å²) in [4.78, 5) is 127. The molecule has 1 aromatic heterocycles. The number of nitrogens with zero attached hydrogens (tertiary/aromatic N) is 3. The molecule has 0 spiro atoms. The third-order valence-electron chi connectivity index (χ3n) is 13.5. The number of fused-ring (bicyclic) bond motifs is 1. The Balaban J connectivity index is 2.61. The third-order valence-corrected chi connectivity index (χ3v) is 13.5. The van der Waals surface area contributed by atoms with E-state index in [1.165, 1.54) is 0 Å². The van der Waals surface area contributed by atoms with Crippen molar-refractivity contribution in [2.45, 2.75) is 170 Å². The van der Waals surface area contributed by atoms with Gasteiger partial charge in [-0.2, -0.15) is 0 Å². The quantitative estimate of drug-likeness (QED) is 0.0168. The van der Waals surface area contributed by atoms with E-state index in [0.717, 1.165) is 10.9 Å². The molecule has 0 aliphatic carbocycles. The lowest BCUT2D eigenvalue weighted by Crippen LogP contribution is -2.60. The van der Waals surface area contributed by atoms with E-state index in [9.17, 15) is 43.5 Å². The molecule has 31 N–H and O–H groups in total. The number of hydrogen-bond acceptors (Lipinski definition) is 16. The number of hydrogen-bond donors (Lipinski definition) is 20. The highest BCUT2D eigenvalue weighted by Crippen LogP contribution is 2.20. The summed E-state index contributed by atoms with van der Waals surface area (Å²) in [5, 5.41) is 29.7. The van der Waals surface area contributed by atoms with Gasteiger partial charge in [0.25, 0.3) is 0 Å². The molecule has 0 aliphatic heterocycles. The molecule has 8 atom stereocenters. The van der Waals surface area contributed by atoms with Crippen molar-refractivity contribution >= 4 is 76.1 Å². The van der Waals surface area contributed by atoms with Crippen LogP contribution in [0.25, 0.3) is 10.9 Å². The first-order valence-corrected chi connectivity index (χ1v) is 28.8. The second-order valence-electron chi connectivity index (χ2n) is 20.4. The van der Waals surface area contributed by atoms with Crippen molar-refractivity contribution in [3.8, 4) is 0 Å². The Bertz CT molecular complexity index is 2440. The fourth-order valence-corrected chi connectivity index (χ4v) is 8.87. The number of benzene rings is 1. The van der Waals surface area contributed by atoms with Gasteiger partial charge in [0.2, 0.25) is 41.4 Å². The van der Waals surface area contributed by atoms with Crippen molar-refractivity contribution in [1.82, 2.24) is 42.2 Å². The summed E-state index contributed by atoms with van der Waals surface area (Å²) in [5.41, 5.74) is 63.7. The number of unbranched alkanes of at least 4 members (excludes halogenated alkanes) is 4. The largest absolute Gasteiger partial charge is 0.480 e. The number of aromatic amines is 1. The van der Waals surface area contributed by atoms with E-state index in [1.807, 2.05) is 24.3 Å². The molecular weight excluding hydrogens is 1090 g/mol. The van der Waals surface area contributed by atoms with Gasteiger partial charge in [-0.05, 0) is 147 Å². The number of nitrogens with one attached hydrogen (secondary N) is 8. The summed E-state index contributed by atoms with van der Waals surface area (Å²) in [6, 6.07) is -2.86. The normalized spacial score (nSPS) is 13.9. The molecular formula is C53H96N22O9. The lowest BCUT2D eigenvalue weighted by molar-refractivity contribution is -0.142. The summed E-state index contributed by atoms with van der Waals surface area (Å²) in [6.07, 6.45) is 6.21. The minimum absolute atomic E-state index is 0.0209. The number of aliphatic imine (C=N–C) groups is 3. The number of H-pyrrole nitrogens is 1. The van der Waals surface area contributed by atoms with Crippen molar-refractivity contribution < 1.29 is 43.5 Å². The molecule has 84 heavy (non-hydrogen) atoms. The highest BCUT2D eigenvalue weighted by Gasteiger charge is 2.35. The zero-order valence-electron chi connectivity index (χ0n) is 48.3. The molecule has 0 radical (unpaired) electrons. The minimum Gasteiger partial charge on any atom is -0.480 e. The van der Waals surface area contributed by atoms with Gasteiger partial charge in [-0.1, -0.05) is 24.6 Å². The van der Waals surface area contributed by atoms with Crippen molar-refractivity contribution in [3.63, 3.8) is 0 Å². The van der Waals surface area contributed by atoms with Gasteiger partial charge in [0.05, 0.1) is 6.04 Å². The molecule has 0 aliphatic rings. The maximum absolute atomic E-state index is 14.8. The first-order chi connectivity index (χ1) is 40.1. The van der Waals surface area contributed by atoms with Crippen molar-refractivity contribution in [2.24, 2.45) is 78.0 Å². The van der Waals surface area contributed by atoms with Gasteiger partial charge in [-0.25, -0.2) is 4.79 Å². The second kappa shape index (κ2) is 41.2. The van der Waals surface area contributed by atoms with Crippen LogP contribution in [0.15, 0.2) is 45.4 Å². The molecule has 7 amide bonds. The number of carboxylic acids is 1. The molecule has 1 heterocycles. The van der Waals surface area contributed by atoms with Gasteiger partial charge in [-0.15, -0.1) is 0 Å². The molecule has 31 heteroatoms. The predicted molar refractivity (Wildman–Crippen MR) is 322 cm³/mol. The number of nitrogens with two attached hydrogens (primary N) is 11. The van der Waals surface area contributed by atoms with Crippen LogP contribution in [0.2, 0.25) is 0 Å². The van der Waals surface area contributed by atoms with E-state index >= 15 is 0 Å². The number of carbonyl (C=O) groups excluding carboxylic acids is 7. The number of guanidine groups is 3. The van der Waals surface area contributed by atoms with Gasteiger partial charge < -0.3 is 110 Å². The smallest absolute Gasteiger partial charge is 0.326 e. The Morgan fingerprint density at radius 3 is 1.10 bits per heavy atom. The second-order valence-corrected chi connectivity index (χ2v) is 20.4. The van der Waals surface area contributed by atoms with Crippen LogP contribution in [0.3, 0.4) is 0 Å². The van der Waals surface area contributed by atoms with Crippen molar-refractivity contribution in [3.05, 3.63) is 36.0 Å². The van der Waals surface area contributed by atoms with E-state index in [2.05, 4.69) is 57.2 Å². The molecule has 0 saturated carbocycles. The van der Waals surface area contributed by atoms with Crippen LogP contribution in [-0.2, 0) is 44.8 Å². The Hall–Kier alpha value is -7.87. The number of carbonyl (C=O) groups is 8. The molecule has 0 bridgehead atoms. The van der Waals surface area contributed by atoms with Crippen LogP contribution in [-0.4, -0.2) is 169 Å². The van der Waals surface area contributed by atoms with Crippen LogP contribution in [0.4, 0.5) is 0 Å². The SMILES string of the molecule is NCCCC[C@H](NC(=O)[C@H](CCCN=C(N)N)NC(=O)[C@H](CCCN=C(N)N)NC(=O)[C@H](CCCCN)NC(=O)[C@H](Cc1c[nH]c2ccccc12)NC(=O)[C@H](CCCCN)NC(=O)[C@@H](N)CCCCN)C(=O)N[C@@H](CCCN=C(N)N)C(=O)O. The molecule has 0 unspecified atom stereocenters. The van der Waals surface area contributed by atoms with E-state index in [-0.39, 0.29) is 115 Å². The topological polar surface area (TPSA) is 580 Å². The molecule has 1 aromatic carbocycles. The van der Waals surface area contributed by atoms with Gasteiger partial charge in [0, 0.05) is 43.2 Å². The van der Waals surface area contributed by atoms with Crippen molar-refractivity contribution in [1.29, 1.82) is 0 Å². The summed E-state index contributed by atoms with van der Waals surface area (Å²) in [7, 11) is 0. The molecule has 472 valence electrons. The van der Waals surface area contributed by atoms with Crippen LogP contribution < -0.4 is 100 Å². The minimum atomic E-state index is -1.41. The Morgan fingerprint density at radius 1 is 0.417 bits per heavy atom. The van der Waals surface area contributed by atoms with E-state index < -0.39 is 95.7 Å². The fraction of sp³-hybridized carbons (Fsp3) is 0.642. The number of aromatic nitrogens is 1. The average Bonchev–Trinajstić information content (AvgIpc) is 3.67. The van der Waals surface area contributed by atoms with Gasteiger partial charge >= 0.3 is 5.97 Å². The lowest BCUT2D eigenvalue weighted by Gasteiger charge is -2.28. The predicted octanol–water partition coefficient (Wildman–Crippen LogP) is -4.81. The standard InChI is InChI=1S/C53H96N22O9/c54-23-7-3-15-34(58)43(76)69-36(17-4-8-24-55)48(81)75-42(30-32-31-68-35-16-2-1-14-33(32)35)49(82)73-37(18-5-9-25-56)44(77)71-40(21-12-28-66-52(61)62)46(79)72-39(20-11-27-65-51(59)60)45(78)70-38(19-6-10-26-57)47(80)74-41(50(83)84)22-13-29-67-53(63)64/h1-2,14,16,31,34,36-42,68H,3-13,15,17-30,54-58H2,(H,69,76)(H,70,78)(H,71,77)(H,72,79)(H,73,82)(H,74,80)(H,75,81)(H,83,84)(H4,59,60,65)(H4,61,62,66)(H4,63,64,67)/t34-,36-,37-,38-,39-,40-,41-,42-/m0/s1. The van der Waals surface area contributed by atoms with Gasteiger partial charge in [-0.3, -0.25) is 48.5 Å². The molecule has 2 rings (SSSR count). The summed E-state index contributed by atoms with van der Waals surface area (Å²) in [6.45, 7) is 1.40. The summed E-state index contributed by atoms with van der Waals surface area (Å²) < 4.78 is 0. The number of aliphatic carboxylic acids is 1. The average molecular weight is 1190 g/mol. The number of para-hydroxylation sites is 1. The maximum Gasteiger partial charge on any atom is 0.326 e. The lowest BCUT2D eigenvalue weighted by atomic mass is 10.0. The Kier molecular flexibility index (Phi) is 35.4. The first kappa shape index (κ1) is 72.2. The molecule has 0 fully saturated rings. The highest BCUT2D eigenvalue weighted by molar-refractivity contribution is 5.98. The van der Waals surface area contributed by atoms with E-state index in [1.54, 1.807) is 6.20 Å². The van der Waals surface area contributed by atoms with Gasteiger partial charge in [0.15, 0.2) is 17.9 Å². The Morgan fingerprint density at radius 2 is 0.726 bits per heavy atom. The molecule has 31 nitrogen and oxygen atoms in total. The number of amides is 7. The van der Waals surface area contributed by atoms with Crippen molar-refractivity contribution in [2.75, 3.05) is 45.8 Å². The zero-order chi connectivity index (χ0) is 62.4. The summed E-state index contributed by atoms with van der Waals surface area (Å²) >= 11 is 0. The zero-order valence-corrected chi connectivity index (χ0v) is 48.3. The van der Waals surface area contributed by atoms with Crippen LogP contribution >= 0.6 is 0 Å². The maximum atomic E-state index is 14.8. The number of carboxylic acid groups (broad SMARTS) is 1. The fourth-order valence-electron chi connectivity index (χ4n) is 8.87. The third kappa shape index (κ3) is 28.9. The van der Waals surface area contributed by atoms with Gasteiger partial charge in [0.1, 0.15) is 42.3 Å². The molecule has 2 aromatic rings.